The normalized spacial score (nSPS) is 53.9. The molecule has 0 bridgehead atoms. The fraction of sp³-hybridized carbons (Fsp3) is 0.917. The zero-order valence-corrected chi connectivity index (χ0v) is 40.1. The molecule has 25 atom stereocenters. The van der Waals surface area contributed by atoms with Crippen LogP contribution in [-0.4, -0.2) is 198 Å². The summed E-state index contributed by atoms with van der Waals surface area (Å²) in [6, 6.07) is 0. The second kappa shape index (κ2) is 18.9. The van der Waals surface area contributed by atoms with E-state index in [0.29, 0.717) is 12.8 Å². The van der Waals surface area contributed by atoms with Crippen molar-refractivity contribution in [1.29, 1.82) is 0 Å². The van der Waals surface area contributed by atoms with Gasteiger partial charge >= 0.3 is 5.97 Å². The summed E-state index contributed by atoms with van der Waals surface area (Å²) in [6.45, 7) is 11.7. The molecule has 8 rings (SSSR count). The Morgan fingerprint density at radius 1 is 0.706 bits per heavy atom. The zero-order chi connectivity index (χ0) is 49.8. The number of hydrogen-bond acceptors (Lipinski definition) is 20. The van der Waals surface area contributed by atoms with E-state index < -0.39 is 140 Å². The van der Waals surface area contributed by atoms with Crippen LogP contribution >= 0.6 is 0 Å². The van der Waals surface area contributed by atoms with Crippen molar-refractivity contribution < 1.29 is 98.9 Å². The van der Waals surface area contributed by atoms with Crippen LogP contribution in [0.1, 0.15) is 99.8 Å². The molecule has 20 nitrogen and oxygen atoms in total. The van der Waals surface area contributed by atoms with Crippen molar-refractivity contribution in [2.45, 2.75) is 210 Å². The fourth-order valence-corrected chi connectivity index (χ4v) is 14.2. The van der Waals surface area contributed by atoms with Crippen LogP contribution in [0.25, 0.3) is 0 Å². The first-order valence-corrected chi connectivity index (χ1v) is 24.5. The van der Waals surface area contributed by atoms with Crippen LogP contribution in [0.4, 0.5) is 0 Å². The molecule has 0 aromatic heterocycles. The average molecular weight is 973 g/mol. The number of aliphatic hydroxyl groups is 11. The van der Waals surface area contributed by atoms with Gasteiger partial charge in [-0.1, -0.05) is 39.3 Å². The lowest BCUT2D eigenvalue weighted by atomic mass is 9.41. The number of ether oxygens (including phenoxy) is 7. The lowest BCUT2D eigenvalue weighted by Gasteiger charge is -2.63. The van der Waals surface area contributed by atoms with Crippen molar-refractivity contribution in [3.63, 3.8) is 0 Å². The molecule has 4 heterocycles. The summed E-state index contributed by atoms with van der Waals surface area (Å²) in [4.78, 5) is 28.1. The largest absolute Gasteiger partial charge is 0.457 e. The maximum atomic E-state index is 14.3. The predicted molar refractivity (Wildman–Crippen MR) is 232 cm³/mol. The highest BCUT2D eigenvalue weighted by Gasteiger charge is 2.68. The molecular formula is C48H76O20. The number of fused-ring (bicyclic) bond motifs is 5. The Bertz CT molecular complexity index is 1880. The SMILES string of the molecule is C[C@@H]1O[C@@H](OC[C@H]2O[C@@H](OC[C@@]3(C)C(=O)CC[C@@]4(C)[C@H]3CC=C3[C@@H]4CC[C@@]4(C)[C@H]([C@@H]5C[C@@H](O)[C@H](O)C(C)(C)OC5=O)CC[C@]34C)[C@H](O)[C@@H](O[C@@H]3O[C@H](CO)[C@@H](O)[C@H](O)[C@H]3O)[C@@H]2O)[C@H](O)[C@H](O)[C@H]1O. The Hall–Kier alpha value is -1.80. The van der Waals surface area contributed by atoms with Crippen molar-refractivity contribution in [3.05, 3.63) is 11.6 Å². The van der Waals surface area contributed by atoms with E-state index in [9.17, 15) is 65.8 Å². The van der Waals surface area contributed by atoms with Gasteiger partial charge in [0.05, 0.1) is 43.4 Å². The number of esters is 1. The molecule has 68 heavy (non-hydrogen) atoms. The molecule has 0 spiro atoms. The number of rotatable bonds is 10. The maximum absolute atomic E-state index is 14.3. The molecule has 20 heteroatoms. The van der Waals surface area contributed by atoms with E-state index >= 15 is 0 Å². The summed E-state index contributed by atoms with van der Waals surface area (Å²) in [5.74, 6) is -1.27. The first kappa shape index (κ1) is 52.5. The average Bonchev–Trinajstić information content (AvgIpc) is 3.54. The first-order chi connectivity index (χ1) is 31.7. The van der Waals surface area contributed by atoms with Crippen LogP contribution < -0.4 is 0 Å². The number of hydrogen-bond donors (Lipinski definition) is 11. The molecule has 4 aliphatic carbocycles. The molecule has 7 fully saturated rings. The maximum Gasteiger partial charge on any atom is 0.309 e. The molecule has 0 amide bonds. The summed E-state index contributed by atoms with van der Waals surface area (Å²) in [5, 5.41) is 118. The monoisotopic (exact) mass is 972 g/mol. The van der Waals surface area contributed by atoms with Crippen molar-refractivity contribution in [2.24, 2.45) is 45.3 Å². The number of ketones is 1. The summed E-state index contributed by atoms with van der Waals surface area (Å²) < 4.78 is 41.2. The second-order valence-corrected chi connectivity index (χ2v) is 22.8. The van der Waals surface area contributed by atoms with Crippen molar-refractivity contribution >= 4 is 11.8 Å². The Morgan fingerprint density at radius 2 is 1.35 bits per heavy atom. The summed E-state index contributed by atoms with van der Waals surface area (Å²) in [7, 11) is 0. The minimum atomic E-state index is -1.90. The van der Waals surface area contributed by atoms with Crippen molar-refractivity contribution in [2.75, 3.05) is 19.8 Å². The summed E-state index contributed by atoms with van der Waals surface area (Å²) >= 11 is 0. The number of aliphatic hydroxyl groups excluding tert-OH is 11. The highest BCUT2D eigenvalue weighted by atomic mass is 16.7. The molecule has 11 N–H and O–H groups in total. The number of allylic oxidation sites excluding steroid dienone is 2. The Balaban J connectivity index is 1.03. The highest BCUT2D eigenvalue weighted by molar-refractivity contribution is 5.86. The standard InChI is InChI=1S/C48H76O20/c1-20-30(52)33(55)35(57)41(64-20)62-18-27-32(54)38(67-43-36(58)34(56)31(53)26(17-49)65-43)37(59)42(66-27)63-19-46(5)28-9-8-24-23(45(28,4)13-12-29(46)51)11-15-47(6)22(10-14-48(24,47)7)21-16-25(50)39(60)44(2,3)68-40(21)61/h8,20-23,25-28,30-39,41-43,49-50,52-60H,9-19H2,1-7H3/t20-,21-,22-,23-,25+,26+,27+,28+,30-,31+,32+,33+,34-,35+,36+,37+,38-,39-,41+,42+,43-,45+,46+,47-,48+/m0/s1. The molecule has 3 saturated carbocycles. The number of cyclic esters (lactones) is 1. The minimum Gasteiger partial charge on any atom is -0.457 e. The number of carbonyl (C=O) groups is 2. The third-order valence-electron chi connectivity index (χ3n) is 18.7. The molecule has 0 radical (unpaired) electrons. The van der Waals surface area contributed by atoms with Gasteiger partial charge in [0, 0.05) is 6.42 Å². The van der Waals surface area contributed by atoms with E-state index in [1.165, 1.54) is 12.5 Å². The van der Waals surface area contributed by atoms with Gasteiger partial charge < -0.3 is 89.3 Å². The van der Waals surface area contributed by atoms with E-state index in [2.05, 4.69) is 26.8 Å². The van der Waals surface area contributed by atoms with Gasteiger partial charge in [0.2, 0.25) is 0 Å². The summed E-state index contributed by atoms with van der Waals surface area (Å²) in [6.07, 6.45) is -19.6. The van der Waals surface area contributed by atoms with Gasteiger partial charge in [-0.25, -0.2) is 0 Å². The first-order valence-electron chi connectivity index (χ1n) is 24.5. The van der Waals surface area contributed by atoms with Crippen molar-refractivity contribution in [3.8, 4) is 0 Å². The van der Waals surface area contributed by atoms with Crippen LogP contribution in [0.2, 0.25) is 0 Å². The van der Waals surface area contributed by atoms with Crippen LogP contribution in [-0.2, 0) is 42.7 Å². The molecule has 388 valence electrons. The van der Waals surface area contributed by atoms with E-state index in [1.54, 1.807) is 13.8 Å². The molecule has 0 unspecified atom stereocenters. The van der Waals surface area contributed by atoms with Crippen LogP contribution in [0.15, 0.2) is 11.6 Å². The molecule has 0 aromatic carbocycles. The third kappa shape index (κ3) is 8.45. The molecule has 0 aromatic rings. The van der Waals surface area contributed by atoms with Gasteiger partial charge in [0.15, 0.2) is 18.9 Å². The van der Waals surface area contributed by atoms with Gasteiger partial charge in [0.25, 0.3) is 0 Å². The van der Waals surface area contributed by atoms with Gasteiger partial charge in [-0.15, -0.1) is 0 Å². The van der Waals surface area contributed by atoms with Crippen LogP contribution in [0.5, 0.6) is 0 Å². The molecule has 4 saturated heterocycles. The van der Waals surface area contributed by atoms with Crippen LogP contribution in [0.3, 0.4) is 0 Å². The highest BCUT2D eigenvalue weighted by Crippen LogP contribution is 2.73. The van der Waals surface area contributed by atoms with E-state index in [-0.39, 0.29) is 59.2 Å². The molecular weight excluding hydrogens is 897 g/mol. The van der Waals surface area contributed by atoms with E-state index in [4.69, 9.17) is 33.2 Å². The summed E-state index contributed by atoms with van der Waals surface area (Å²) in [5.41, 5.74) is -2.05. The topological polar surface area (TPSA) is 321 Å². The second-order valence-electron chi connectivity index (χ2n) is 22.8. The van der Waals surface area contributed by atoms with E-state index in [0.717, 1.165) is 25.7 Å². The molecule has 4 aliphatic heterocycles. The zero-order valence-electron chi connectivity index (χ0n) is 40.1. The van der Waals surface area contributed by atoms with Crippen LogP contribution in [0, 0.1) is 45.3 Å². The Kier molecular flexibility index (Phi) is 14.6. The fourth-order valence-electron chi connectivity index (χ4n) is 14.2. The lowest BCUT2D eigenvalue weighted by molar-refractivity contribution is -0.367. The smallest absolute Gasteiger partial charge is 0.309 e. The van der Waals surface area contributed by atoms with Gasteiger partial charge in [0.1, 0.15) is 84.6 Å². The van der Waals surface area contributed by atoms with Gasteiger partial charge in [-0.2, -0.15) is 0 Å². The number of Topliss-reactive ketones (excluding diaryl/α,β-unsaturated/α-hetero) is 1. The number of carbonyl (C=O) groups excluding carboxylic acids is 2. The quantitative estimate of drug-likeness (QED) is 0.0895. The van der Waals surface area contributed by atoms with Gasteiger partial charge in [-0.3, -0.25) is 9.59 Å². The Labute approximate surface area is 396 Å². The third-order valence-corrected chi connectivity index (χ3v) is 18.7. The van der Waals surface area contributed by atoms with E-state index in [1.807, 2.05) is 6.92 Å². The minimum absolute atomic E-state index is 0.0437. The predicted octanol–water partition coefficient (Wildman–Crippen LogP) is -1.30. The molecule has 8 aliphatic rings. The lowest BCUT2D eigenvalue weighted by Crippen LogP contribution is -2.65. The Morgan fingerprint density at radius 3 is 2.04 bits per heavy atom. The van der Waals surface area contributed by atoms with Crippen molar-refractivity contribution in [1.82, 2.24) is 0 Å². The van der Waals surface area contributed by atoms with Gasteiger partial charge in [-0.05, 0) is 99.7 Å².